The van der Waals surface area contributed by atoms with E-state index in [4.69, 9.17) is 0 Å². The van der Waals surface area contributed by atoms with E-state index in [1.165, 1.54) is 94.3 Å². The van der Waals surface area contributed by atoms with Gasteiger partial charge in [-0.25, -0.2) is 0 Å². The van der Waals surface area contributed by atoms with E-state index in [9.17, 15) is 0 Å². The van der Waals surface area contributed by atoms with Gasteiger partial charge in [-0.3, -0.25) is 0 Å². The average Bonchev–Trinajstić information content (AvgIpc) is 3.96. The van der Waals surface area contributed by atoms with Crippen LogP contribution < -0.4 is 4.90 Å². The maximum atomic E-state index is 2.49. The fourth-order valence-electron chi connectivity index (χ4n) is 10.9. The lowest BCUT2D eigenvalue weighted by molar-refractivity contribution is 0.792. The van der Waals surface area contributed by atoms with Crippen molar-refractivity contribution in [2.75, 3.05) is 4.90 Å². The van der Waals surface area contributed by atoms with Crippen molar-refractivity contribution in [2.45, 2.75) is 5.41 Å². The molecule has 0 radical (unpaired) electrons. The van der Waals surface area contributed by atoms with Gasteiger partial charge in [-0.2, -0.15) is 0 Å². The molecule has 13 rings (SSSR count). The molecule has 2 heteroatoms. The summed E-state index contributed by atoms with van der Waals surface area (Å²) in [5.74, 6) is 0. The summed E-state index contributed by atoms with van der Waals surface area (Å²) >= 11 is 0. The Morgan fingerprint density at radius 1 is 0.286 bits per heavy atom. The lowest BCUT2D eigenvalue weighted by Crippen LogP contribution is -2.26. The second-order valence-electron chi connectivity index (χ2n) is 16.8. The number of fused-ring (bicyclic) bond motifs is 13. The van der Waals surface area contributed by atoms with Crippen LogP contribution in [0.3, 0.4) is 0 Å². The van der Waals surface area contributed by atoms with Crippen LogP contribution in [0.1, 0.15) is 22.3 Å². The van der Waals surface area contributed by atoms with Crippen molar-refractivity contribution >= 4 is 38.9 Å². The highest BCUT2D eigenvalue weighted by atomic mass is 15.1. The predicted molar refractivity (Wildman–Crippen MR) is 263 cm³/mol. The van der Waals surface area contributed by atoms with Crippen molar-refractivity contribution in [1.29, 1.82) is 0 Å². The molecule has 1 heterocycles. The molecule has 0 bridgehead atoms. The minimum Gasteiger partial charge on any atom is -0.310 e. The third-order valence-corrected chi connectivity index (χ3v) is 13.6. The van der Waals surface area contributed by atoms with Gasteiger partial charge in [-0.1, -0.05) is 176 Å². The minimum atomic E-state index is -0.399. The molecule has 2 nitrogen and oxygen atoms in total. The summed E-state index contributed by atoms with van der Waals surface area (Å²) in [5.41, 5.74) is 21.9. The van der Waals surface area contributed by atoms with Crippen molar-refractivity contribution in [1.82, 2.24) is 4.57 Å². The average molecular weight is 801 g/mol. The summed E-state index contributed by atoms with van der Waals surface area (Å²) in [6.07, 6.45) is 0. The highest BCUT2D eigenvalue weighted by Crippen LogP contribution is 2.63. The predicted octanol–water partition coefficient (Wildman–Crippen LogP) is 15.9. The molecule has 0 aliphatic heterocycles. The fraction of sp³-hybridized carbons (Fsp3) is 0.0164. The molecule has 1 aromatic heterocycles. The minimum absolute atomic E-state index is 0.399. The number of benzene rings is 10. The molecule has 0 fully saturated rings. The SMILES string of the molecule is c1ccc(-c2ccc(N(c3ccccc3)c3cccc(-c4ccc5c(c4)c4ccccc4n5-c4ccc5c(c4)C4(c6ccccc6-c6ccccc64)c4ccccc4-5)c3)cc2)cc1. The summed E-state index contributed by atoms with van der Waals surface area (Å²) in [4.78, 5) is 2.35. The molecule has 2 aliphatic carbocycles. The lowest BCUT2D eigenvalue weighted by Gasteiger charge is -2.30. The summed E-state index contributed by atoms with van der Waals surface area (Å²) in [7, 11) is 0. The zero-order chi connectivity index (χ0) is 41.5. The Labute approximate surface area is 367 Å². The topological polar surface area (TPSA) is 8.17 Å². The van der Waals surface area contributed by atoms with Gasteiger partial charge in [0.15, 0.2) is 0 Å². The molecule has 2 aliphatic rings. The highest BCUT2D eigenvalue weighted by Gasteiger charge is 2.51. The van der Waals surface area contributed by atoms with E-state index >= 15 is 0 Å². The quantitative estimate of drug-likeness (QED) is 0.163. The van der Waals surface area contributed by atoms with Gasteiger partial charge in [-0.05, 0) is 133 Å². The van der Waals surface area contributed by atoms with E-state index in [1.807, 2.05) is 0 Å². The van der Waals surface area contributed by atoms with Gasteiger partial charge < -0.3 is 9.47 Å². The molecule has 0 unspecified atom stereocenters. The Balaban J connectivity index is 0.948. The number of para-hydroxylation sites is 2. The van der Waals surface area contributed by atoms with Gasteiger partial charge in [-0.15, -0.1) is 0 Å². The number of nitrogens with zero attached hydrogens (tertiary/aromatic N) is 2. The van der Waals surface area contributed by atoms with Gasteiger partial charge in [0.1, 0.15) is 0 Å². The molecule has 10 aromatic carbocycles. The van der Waals surface area contributed by atoms with E-state index < -0.39 is 5.41 Å². The van der Waals surface area contributed by atoms with Crippen molar-refractivity contribution in [3.63, 3.8) is 0 Å². The van der Waals surface area contributed by atoms with Crippen LogP contribution in [0.4, 0.5) is 17.1 Å². The van der Waals surface area contributed by atoms with Crippen LogP contribution in [0.15, 0.2) is 243 Å². The van der Waals surface area contributed by atoms with E-state index in [2.05, 4.69) is 252 Å². The second-order valence-corrected chi connectivity index (χ2v) is 16.8. The van der Waals surface area contributed by atoms with E-state index in [0.29, 0.717) is 0 Å². The maximum Gasteiger partial charge on any atom is 0.0726 e. The molecule has 0 N–H and O–H groups in total. The molecule has 0 saturated heterocycles. The molecule has 63 heavy (non-hydrogen) atoms. The number of hydrogen-bond acceptors (Lipinski definition) is 1. The number of hydrogen-bond donors (Lipinski definition) is 0. The van der Waals surface area contributed by atoms with Crippen LogP contribution >= 0.6 is 0 Å². The third-order valence-electron chi connectivity index (χ3n) is 13.6. The first-order valence-corrected chi connectivity index (χ1v) is 21.8. The summed E-state index contributed by atoms with van der Waals surface area (Å²) in [6, 6.07) is 89.3. The van der Waals surface area contributed by atoms with Crippen molar-refractivity contribution in [3.8, 4) is 50.2 Å². The summed E-state index contributed by atoms with van der Waals surface area (Å²) in [5, 5.41) is 2.48. The zero-order valence-corrected chi connectivity index (χ0v) is 34.5. The molecule has 11 aromatic rings. The van der Waals surface area contributed by atoms with Gasteiger partial charge in [0.2, 0.25) is 0 Å². The standard InChI is InChI=1S/C61H40N2/c1-3-16-41(17-4-1)42-30-33-46(34-31-42)62(45-19-5-2-6-20-45)47-21-15-18-43(38-47)44-32-37-60-54(39-44)53-25-10-14-29-59(53)63(60)48-35-36-52-51-24-9-13-28-57(51)61(58(52)40-48)55-26-11-7-22-49(55)50-23-8-12-27-56(50)61/h1-40H. The molecular formula is C61H40N2. The summed E-state index contributed by atoms with van der Waals surface area (Å²) in [6.45, 7) is 0. The molecule has 0 saturated carbocycles. The van der Waals surface area contributed by atoms with Crippen LogP contribution in [0.25, 0.3) is 72.0 Å². The van der Waals surface area contributed by atoms with E-state index in [0.717, 1.165) is 17.1 Å². The normalized spacial score (nSPS) is 12.9. The molecule has 0 amide bonds. The van der Waals surface area contributed by atoms with Gasteiger partial charge in [0, 0.05) is 33.5 Å². The zero-order valence-electron chi connectivity index (χ0n) is 34.5. The Morgan fingerprint density at radius 3 is 1.48 bits per heavy atom. The van der Waals surface area contributed by atoms with Crippen LogP contribution in [-0.4, -0.2) is 4.57 Å². The number of rotatable bonds is 6. The molecule has 294 valence electrons. The van der Waals surface area contributed by atoms with Crippen molar-refractivity contribution in [2.24, 2.45) is 0 Å². The first kappa shape index (κ1) is 35.5. The molecule has 1 spiro atoms. The Kier molecular flexibility index (Phi) is 7.85. The highest BCUT2D eigenvalue weighted by molar-refractivity contribution is 6.11. The smallest absolute Gasteiger partial charge is 0.0726 e. The van der Waals surface area contributed by atoms with Crippen LogP contribution in [0.2, 0.25) is 0 Å². The first-order chi connectivity index (χ1) is 31.3. The molecular weight excluding hydrogens is 761 g/mol. The van der Waals surface area contributed by atoms with Crippen LogP contribution in [-0.2, 0) is 5.41 Å². The van der Waals surface area contributed by atoms with E-state index in [-0.39, 0.29) is 0 Å². The maximum absolute atomic E-state index is 2.49. The van der Waals surface area contributed by atoms with E-state index in [1.54, 1.807) is 0 Å². The monoisotopic (exact) mass is 800 g/mol. The fourth-order valence-corrected chi connectivity index (χ4v) is 10.9. The Morgan fingerprint density at radius 2 is 0.778 bits per heavy atom. The number of anilines is 3. The van der Waals surface area contributed by atoms with Crippen molar-refractivity contribution in [3.05, 3.63) is 265 Å². The number of aromatic nitrogens is 1. The summed E-state index contributed by atoms with van der Waals surface area (Å²) < 4.78 is 2.48. The Hall–Kier alpha value is -8.20. The first-order valence-electron chi connectivity index (χ1n) is 21.8. The van der Waals surface area contributed by atoms with Crippen LogP contribution in [0.5, 0.6) is 0 Å². The van der Waals surface area contributed by atoms with Crippen molar-refractivity contribution < 1.29 is 0 Å². The molecule has 0 atom stereocenters. The second kappa shape index (κ2) is 13.9. The lowest BCUT2D eigenvalue weighted by atomic mass is 9.70. The van der Waals surface area contributed by atoms with Gasteiger partial charge >= 0.3 is 0 Å². The Bertz CT molecular complexity index is 3500. The third kappa shape index (κ3) is 5.25. The van der Waals surface area contributed by atoms with Crippen LogP contribution in [0, 0.1) is 0 Å². The largest absolute Gasteiger partial charge is 0.310 e. The van der Waals surface area contributed by atoms with Gasteiger partial charge in [0.25, 0.3) is 0 Å². The van der Waals surface area contributed by atoms with Gasteiger partial charge in [0.05, 0.1) is 16.4 Å².